The van der Waals surface area contributed by atoms with E-state index in [1.165, 1.54) is 37.1 Å². The van der Waals surface area contributed by atoms with Crippen molar-refractivity contribution in [1.82, 2.24) is 15.0 Å². The van der Waals surface area contributed by atoms with Crippen molar-refractivity contribution in [3.63, 3.8) is 0 Å². The van der Waals surface area contributed by atoms with Crippen molar-refractivity contribution < 1.29 is 4.74 Å². The van der Waals surface area contributed by atoms with Crippen LogP contribution in [-0.2, 0) is 4.74 Å². The van der Waals surface area contributed by atoms with E-state index in [9.17, 15) is 4.79 Å². The zero-order valence-corrected chi connectivity index (χ0v) is 14.3. The Kier molecular flexibility index (Phi) is 5.90. The van der Waals surface area contributed by atoms with Crippen LogP contribution in [0.1, 0.15) is 25.7 Å². The van der Waals surface area contributed by atoms with Crippen LogP contribution in [0.25, 0.3) is 0 Å². The van der Waals surface area contributed by atoms with E-state index >= 15 is 0 Å². The second kappa shape index (κ2) is 8.53. The Bertz CT molecular complexity index is 748. The Balaban J connectivity index is 0.000000219. The Labute approximate surface area is 146 Å². The number of fused-ring (bicyclic) bond motifs is 1. The first kappa shape index (κ1) is 17.3. The minimum Gasteiger partial charge on any atom is -0.381 e. The van der Waals surface area contributed by atoms with Crippen LogP contribution in [0.3, 0.4) is 0 Å². The molecule has 0 unspecified atom stereocenters. The lowest BCUT2D eigenvalue weighted by Gasteiger charge is -2.30. The minimum absolute atomic E-state index is 0.164. The van der Waals surface area contributed by atoms with Gasteiger partial charge in [0.15, 0.2) is 5.82 Å². The highest BCUT2D eigenvalue weighted by molar-refractivity contribution is 5.96. The van der Waals surface area contributed by atoms with Gasteiger partial charge in [-0.1, -0.05) is 0 Å². The normalized spacial score (nSPS) is 21.9. The van der Waals surface area contributed by atoms with Crippen LogP contribution >= 0.6 is 0 Å². The van der Waals surface area contributed by atoms with Crippen molar-refractivity contribution in [2.45, 2.75) is 31.8 Å². The molecule has 2 aromatic rings. The summed E-state index contributed by atoms with van der Waals surface area (Å²) in [5.41, 5.74) is 2.10. The van der Waals surface area contributed by atoms with Gasteiger partial charge in [0.2, 0.25) is 0 Å². The topological polar surface area (TPSA) is 92.3 Å². The molecule has 25 heavy (non-hydrogen) atoms. The van der Waals surface area contributed by atoms with Gasteiger partial charge in [-0.25, -0.2) is 4.98 Å². The number of nitrogens with one attached hydrogen (secondary N) is 2. The smallest absolute Gasteiger partial charge is 0.266 e. The predicted molar refractivity (Wildman–Crippen MR) is 97.4 cm³/mol. The molecule has 2 N–H and O–H groups in total. The molecule has 3 heterocycles. The highest BCUT2D eigenvalue weighted by atomic mass is 16.5. The summed E-state index contributed by atoms with van der Waals surface area (Å²) in [4.78, 5) is 25.2. The van der Waals surface area contributed by atoms with Crippen molar-refractivity contribution in [1.29, 1.82) is 0 Å². The molecule has 0 atom stereocenters. The summed E-state index contributed by atoms with van der Waals surface area (Å²) in [6, 6.07) is 3.96. The Morgan fingerprint density at radius 3 is 2.68 bits per heavy atom. The molecule has 1 fully saturated rings. The van der Waals surface area contributed by atoms with Gasteiger partial charge in [-0.05, 0) is 43.7 Å². The quantitative estimate of drug-likeness (QED) is 0.876. The summed E-state index contributed by atoms with van der Waals surface area (Å²) < 4.78 is 5.42. The van der Waals surface area contributed by atoms with Gasteiger partial charge in [-0.2, -0.15) is 0 Å². The third kappa shape index (κ3) is 4.73. The van der Waals surface area contributed by atoms with Gasteiger partial charge in [0, 0.05) is 31.4 Å². The third-order valence-corrected chi connectivity index (χ3v) is 4.54. The molecule has 1 saturated carbocycles. The van der Waals surface area contributed by atoms with Crippen LogP contribution in [-0.4, -0.2) is 40.4 Å². The maximum absolute atomic E-state index is 10.2. The molecular formula is C18H23N5O2. The molecule has 0 spiro atoms. The summed E-state index contributed by atoms with van der Waals surface area (Å²) >= 11 is 0. The first-order valence-corrected chi connectivity index (χ1v) is 8.54. The standard InChI is InChI=1S/C14H19N3O.C4H4N2O/c1-18-11-6-4-10(5-7-11)13-9-16-14-12(17-13)3-2-8-15-14;7-4-3-5-1-2-6-4/h2-3,8,10-11H,4-7,9H2,1H3,(H,15,16);1-3H,(H,6,7). The number of methoxy groups -OCH3 is 1. The minimum atomic E-state index is -0.164. The fourth-order valence-corrected chi connectivity index (χ4v) is 3.17. The number of hydrogen-bond donors (Lipinski definition) is 2. The zero-order chi connectivity index (χ0) is 17.5. The number of H-pyrrole nitrogens is 1. The first-order chi connectivity index (χ1) is 12.3. The van der Waals surface area contributed by atoms with Gasteiger partial charge in [0.05, 0.1) is 18.8 Å². The number of aromatic amines is 1. The molecule has 2 aromatic heterocycles. The van der Waals surface area contributed by atoms with E-state index < -0.39 is 0 Å². The van der Waals surface area contributed by atoms with Crippen molar-refractivity contribution in [3.05, 3.63) is 47.3 Å². The van der Waals surface area contributed by atoms with Crippen LogP contribution in [0, 0.1) is 5.92 Å². The largest absolute Gasteiger partial charge is 0.381 e. The van der Waals surface area contributed by atoms with Crippen molar-refractivity contribution in [2.24, 2.45) is 10.9 Å². The Morgan fingerprint density at radius 2 is 2.04 bits per heavy atom. The van der Waals surface area contributed by atoms with Gasteiger partial charge in [0.25, 0.3) is 5.56 Å². The maximum Gasteiger partial charge on any atom is 0.266 e. The number of hydrogen-bond acceptors (Lipinski definition) is 6. The van der Waals surface area contributed by atoms with Gasteiger partial charge < -0.3 is 15.0 Å². The SMILES string of the molecule is COC1CCC(C2=Nc3cccnc3NC2)CC1.O=c1cncc[nH]1. The number of rotatable bonds is 2. The summed E-state index contributed by atoms with van der Waals surface area (Å²) in [5, 5.41) is 3.36. The van der Waals surface area contributed by atoms with Gasteiger partial charge in [-0.3, -0.25) is 14.8 Å². The van der Waals surface area contributed by atoms with Crippen molar-refractivity contribution in [3.8, 4) is 0 Å². The fraction of sp³-hybridized carbons (Fsp3) is 0.444. The summed E-state index contributed by atoms with van der Waals surface area (Å²) in [5.74, 6) is 1.52. The summed E-state index contributed by atoms with van der Waals surface area (Å²) in [6.45, 7) is 0.840. The molecule has 0 bridgehead atoms. The molecule has 0 radical (unpaired) electrons. The number of anilines is 1. The van der Waals surface area contributed by atoms with E-state index in [1.807, 2.05) is 19.2 Å². The highest BCUT2D eigenvalue weighted by Gasteiger charge is 2.26. The molecular weight excluding hydrogens is 318 g/mol. The third-order valence-electron chi connectivity index (χ3n) is 4.54. The van der Waals surface area contributed by atoms with Crippen LogP contribution in [0.4, 0.5) is 11.5 Å². The molecule has 4 rings (SSSR count). The summed E-state index contributed by atoms with van der Waals surface area (Å²) in [6.07, 6.45) is 11.2. The van der Waals surface area contributed by atoms with E-state index in [4.69, 9.17) is 9.73 Å². The van der Waals surface area contributed by atoms with E-state index in [2.05, 4.69) is 20.3 Å². The zero-order valence-electron chi connectivity index (χ0n) is 14.3. The Hall–Kier alpha value is -2.54. The van der Waals surface area contributed by atoms with Crippen LogP contribution in [0.5, 0.6) is 0 Å². The van der Waals surface area contributed by atoms with Crippen LogP contribution in [0.15, 0.2) is 46.7 Å². The number of pyridine rings is 1. The number of aromatic nitrogens is 3. The maximum atomic E-state index is 10.2. The molecule has 1 aliphatic carbocycles. The van der Waals surface area contributed by atoms with E-state index in [1.54, 1.807) is 6.20 Å². The highest BCUT2D eigenvalue weighted by Crippen LogP contribution is 2.32. The predicted octanol–water partition coefficient (Wildman–Crippen LogP) is 2.55. The number of ether oxygens (including phenoxy) is 1. The van der Waals surface area contributed by atoms with Gasteiger partial charge >= 0.3 is 0 Å². The number of nitrogens with zero attached hydrogens (tertiary/aromatic N) is 3. The molecule has 7 nitrogen and oxygen atoms in total. The molecule has 2 aliphatic rings. The van der Waals surface area contributed by atoms with Crippen molar-refractivity contribution >= 4 is 17.2 Å². The van der Waals surface area contributed by atoms with Gasteiger partial charge in [0.1, 0.15) is 5.69 Å². The molecule has 0 aromatic carbocycles. The Morgan fingerprint density at radius 1 is 1.20 bits per heavy atom. The van der Waals surface area contributed by atoms with E-state index in [-0.39, 0.29) is 5.56 Å². The van der Waals surface area contributed by atoms with Gasteiger partial charge in [-0.15, -0.1) is 0 Å². The average Bonchev–Trinajstić information content (AvgIpc) is 2.69. The first-order valence-electron chi connectivity index (χ1n) is 8.54. The van der Waals surface area contributed by atoms with Crippen molar-refractivity contribution in [2.75, 3.05) is 19.0 Å². The summed E-state index contributed by atoms with van der Waals surface area (Å²) in [7, 11) is 1.81. The van der Waals surface area contributed by atoms with Crippen LogP contribution in [0.2, 0.25) is 0 Å². The monoisotopic (exact) mass is 341 g/mol. The van der Waals surface area contributed by atoms with Crippen LogP contribution < -0.4 is 10.9 Å². The molecule has 132 valence electrons. The molecule has 0 saturated heterocycles. The van der Waals surface area contributed by atoms with E-state index in [0.717, 1.165) is 30.9 Å². The fourth-order valence-electron chi connectivity index (χ4n) is 3.17. The molecule has 0 amide bonds. The number of aliphatic imine (C=N–C) groups is 1. The average molecular weight is 341 g/mol. The lowest BCUT2D eigenvalue weighted by molar-refractivity contribution is 0.0646. The molecule has 1 aliphatic heterocycles. The second-order valence-corrected chi connectivity index (χ2v) is 6.14. The van der Waals surface area contributed by atoms with E-state index in [0.29, 0.717) is 12.0 Å². The molecule has 7 heteroatoms. The lowest BCUT2D eigenvalue weighted by Crippen LogP contribution is -2.31. The second-order valence-electron chi connectivity index (χ2n) is 6.14. The lowest BCUT2D eigenvalue weighted by atomic mass is 9.83.